The molecule has 0 fully saturated rings. The van der Waals surface area contributed by atoms with Gasteiger partial charge in [0.2, 0.25) is 12.6 Å². The monoisotopic (exact) mass is 448 g/mol. The number of urea groups is 1. The SMILES string of the molecule is COCCCN1C(=O)NC(c2ccccc2)C(c2nc(-c3ccc4c(c3)OCO4)no2)=C1C. The van der Waals surface area contributed by atoms with Gasteiger partial charge in [0.05, 0.1) is 11.6 Å². The molecular formula is C24H24N4O5. The van der Waals surface area contributed by atoms with Gasteiger partial charge in [0.25, 0.3) is 5.89 Å². The first-order valence-electron chi connectivity index (χ1n) is 10.7. The summed E-state index contributed by atoms with van der Waals surface area (Å²) < 4.78 is 21.7. The number of ether oxygens (including phenoxy) is 3. The van der Waals surface area contributed by atoms with Crippen LogP contribution in [0.4, 0.5) is 4.79 Å². The number of hydrogen-bond donors (Lipinski definition) is 1. The Kier molecular flexibility index (Phi) is 5.70. The number of carbonyl (C=O) groups excluding carboxylic acids is 1. The van der Waals surface area contributed by atoms with Crippen molar-refractivity contribution < 1.29 is 23.5 Å². The third kappa shape index (κ3) is 4.03. The Morgan fingerprint density at radius 2 is 1.97 bits per heavy atom. The third-order valence-corrected chi connectivity index (χ3v) is 5.75. The van der Waals surface area contributed by atoms with Crippen LogP contribution in [0.5, 0.6) is 11.5 Å². The van der Waals surface area contributed by atoms with Gasteiger partial charge in [0.15, 0.2) is 11.5 Å². The third-order valence-electron chi connectivity index (χ3n) is 5.75. The quantitative estimate of drug-likeness (QED) is 0.546. The number of nitrogens with one attached hydrogen (secondary N) is 1. The van der Waals surface area contributed by atoms with Crippen LogP contribution in [-0.2, 0) is 4.74 Å². The molecule has 0 aliphatic carbocycles. The average Bonchev–Trinajstić information content (AvgIpc) is 3.50. The maximum atomic E-state index is 12.9. The lowest BCUT2D eigenvalue weighted by atomic mass is 9.94. The molecule has 1 aromatic heterocycles. The Morgan fingerprint density at radius 3 is 2.79 bits per heavy atom. The summed E-state index contributed by atoms with van der Waals surface area (Å²) >= 11 is 0. The van der Waals surface area contributed by atoms with Gasteiger partial charge in [-0.3, -0.25) is 4.90 Å². The van der Waals surface area contributed by atoms with Crippen LogP contribution in [-0.4, -0.2) is 48.1 Å². The number of fused-ring (bicyclic) bond motifs is 1. The minimum atomic E-state index is -0.414. The maximum Gasteiger partial charge on any atom is 0.322 e. The van der Waals surface area contributed by atoms with Crippen LogP contribution in [0.3, 0.4) is 0 Å². The lowest BCUT2D eigenvalue weighted by Crippen LogP contribution is -2.46. The lowest BCUT2D eigenvalue weighted by Gasteiger charge is -2.35. The van der Waals surface area contributed by atoms with Crippen molar-refractivity contribution in [3.63, 3.8) is 0 Å². The number of benzene rings is 2. The Hall–Kier alpha value is -3.85. The minimum Gasteiger partial charge on any atom is -0.454 e. The number of allylic oxidation sites excluding steroid dienone is 1. The van der Waals surface area contributed by atoms with Gasteiger partial charge in [-0.15, -0.1) is 0 Å². The first-order valence-corrected chi connectivity index (χ1v) is 10.7. The lowest BCUT2D eigenvalue weighted by molar-refractivity contribution is 0.173. The molecule has 0 saturated carbocycles. The highest BCUT2D eigenvalue weighted by Crippen LogP contribution is 2.39. The van der Waals surface area contributed by atoms with Crippen molar-refractivity contribution in [2.75, 3.05) is 27.1 Å². The minimum absolute atomic E-state index is 0.170. The Balaban J connectivity index is 1.54. The number of aromatic nitrogens is 2. The van der Waals surface area contributed by atoms with Crippen molar-refractivity contribution in [1.29, 1.82) is 0 Å². The number of nitrogens with zero attached hydrogens (tertiary/aromatic N) is 3. The van der Waals surface area contributed by atoms with Gasteiger partial charge >= 0.3 is 6.03 Å². The van der Waals surface area contributed by atoms with E-state index >= 15 is 0 Å². The van der Waals surface area contributed by atoms with Crippen LogP contribution in [0, 0.1) is 0 Å². The fourth-order valence-electron chi connectivity index (χ4n) is 4.08. The molecule has 9 heteroatoms. The van der Waals surface area contributed by atoms with Crippen molar-refractivity contribution >= 4 is 11.6 Å². The van der Waals surface area contributed by atoms with Crippen molar-refractivity contribution in [2.24, 2.45) is 0 Å². The molecule has 1 N–H and O–H groups in total. The van der Waals surface area contributed by atoms with Crippen LogP contribution >= 0.6 is 0 Å². The number of methoxy groups -OCH3 is 1. The highest BCUT2D eigenvalue weighted by atomic mass is 16.7. The molecule has 33 heavy (non-hydrogen) atoms. The molecule has 9 nitrogen and oxygen atoms in total. The summed E-state index contributed by atoms with van der Waals surface area (Å²) in [6.07, 6.45) is 0.705. The zero-order valence-electron chi connectivity index (χ0n) is 18.4. The van der Waals surface area contributed by atoms with Crippen molar-refractivity contribution in [2.45, 2.75) is 19.4 Å². The number of rotatable bonds is 7. The van der Waals surface area contributed by atoms with E-state index in [1.165, 1.54) is 0 Å². The van der Waals surface area contributed by atoms with Crippen molar-refractivity contribution in [3.05, 3.63) is 65.7 Å². The highest BCUT2D eigenvalue weighted by molar-refractivity contribution is 5.86. The van der Waals surface area contributed by atoms with Crippen molar-refractivity contribution in [3.8, 4) is 22.9 Å². The summed E-state index contributed by atoms with van der Waals surface area (Å²) in [4.78, 5) is 19.3. The summed E-state index contributed by atoms with van der Waals surface area (Å²) in [6, 6.07) is 14.7. The van der Waals surface area contributed by atoms with E-state index in [1.54, 1.807) is 12.0 Å². The molecule has 1 unspecified atom stereocenters. The molecule has 3 heterocycles. The maximum absolute atomic E-state index is 12.9. The first-order chi connectivity index (χ1) is 16.2. The molecule has 3 aromatic rings. The van der Waals surface area contributed by atoms with E-state index in [1.807, 2.05) is 55.5 Å². The molecule has 0 bridgehead atoms. The molecule has 5 rings (SSSR count). The second kappa shape index (κ2) is 8.95. The molecular weight excluding hydrogens is 424 g/mol. The van der Waals surface area contributed by atoms with Gasteiger partial charge < -0.3 is 24.1 Å². The van der Waals surface area contributed by atoms with E-state index in [2.05, 4.69) is 15.5 Å². The molecule has 2 aliphatic heterocycles. The normalized spacial score (nSPS) is 17.5. The Morgan fingerprint density at radius 1 is 1.15 bits per heavy atom. The van der Waals surface area contributed by atoms with E-state index in [-0.39, 0.29) is 12.8 Å². The Bertz CT molecular complexity index is 1190. The smallest absolute Gasteiger partial charge is 0.322 e. The van der Waals surface area contributed by atoms with E-state index in [0.717, 1.165) is 22.4 Å². The summed E-state index contributed by atoms with van der Waals surface area (Å²) in [5.74, 6) is 2.11. The van der Waals surface area contributed by atoms with Gasteiger partial charge in [0, 0.05) is 31.5 Å². The summed E-state index contributed by atoms with van der Waals surface area (Å²) in [6.45, 7) is 3.17. The highest BCUT2D eigenvalue weighted by Gasteiger charge is 2.35. The topological polar surface area (TPSA) is 99.0 Å². The van der Waals surface area contributed by atoms with Gasteiger partial charge in [-0.1, -0.05) is 35.5 Å². The largest absolute Gasteiger partial charge is 0.454 e. The van der Waals surface area contributed by atoms with Gasteiger partial charge in [-0.2, -0.15) is 4.98 Å². The van der Waals surface area contributed by atoms with E-state index in [0.29, 0.717) is 42.8 Å². The van der Waals surface area contributed by atoms with Crippen LogP contribution in [0.25, 0.3) is 17.0 Å². The average molecular weight is 448 g/mol. The van der Waals surface area contributed by atoms with Gasteiger partial charge in [0.1, 0.15) is 0 Å². The van der Waals surface area contributed by atoms with E-state index in [4.69, 9.17) is 18.7 Å². The molecule has 2 aromatic carbocycles. The van der Waals surface area contributed by atoms with Crippen LogP contribution < -0.4 is 14.8 Å². The molecule has 170 valence electrons. The molecule has 0 saturated heterocycles. The van der Waals surface area contributed by atoms with Crippen LogP contribution in [0.2, 0.25) is 0 Å². The fraction of sp³-hybridized carbons (Fsp3) is 0.292. The van der Waals surface area contributed by atoms with Crippen molar-refractivity contribution in [1.82, 2.24) is 20.4 Å². The number of hydrogen-bond acceptors (Lipinski definition) is 7. The summed E-state index contributed by atoms with van der Waals surface area (Å²) in [7, 11) is 1.64. The van der Waals surface area contributed by atoms with Gasteiger partial charge in [-0.05, 0) is 37.1 Å². The molecule has 1 atom stereocenters. The molecule has 0 spiro atoms. The predicted molar refractivity (Wildman–Crippen MR) is 119 cm³/mol. The zero-order chi connectivity index (χ0) is 22.8. The van der Waals surface area contributed by atoms with Crippen LogP contribution in [0.1, 0.15) is 30.8 Å². The standard InChI is InChI=1S/C24H24N4O5/c1-15-20(23-26-22(27-33-23)17-9-10-18-19(13-17)32-14-31-18)21(16-7-4-3-5-8-16)25-24(29)28(15)11-6-12-30-2/h3-5,7-10,13,21H,6,11-12,14H2,1-2H3,(H,25,29). The second-order valence-corrected chi connectivity index (χ2v) is 7.78. The molecule has 2 amide bonds. The Labute approximate surface area is 190 Å². The first kappa shape index (κ1) is 21.0. The van der Waals surface area contributed by atoms with Gasteiger partial charge in [-0.25, -0.2) is 4.79 Å². The molecule has 2 aliphatic rings. The van der Waals surface area contributed by atoms with E-state index < -0.39 is 6.04 Å². The van der Waals surface area contributed by atoms with Crippen LogP contribution in [0.15, 0.2) is 58.8 Å². The second-order valence-electron chi connectivity index (χ2n) is 7.78. The zero-order valence-corrected chi connectivity index (χ0v) is 18.4. The summed E-state index contributed by atoms with van der Waals surface area (Å²) in [5, 5.41) is 7.30. The summed E-state index contributed by atoms with van der Waals surface area (Å²) in [5.41, 5.74) is 3.21. The number of carbonyl (C=O) groups is 1. The fourth-order valence-corrected chi connectivity index (χ4v) is 4.08. The predicted octanol–water partition coefficient (Wildman–Crippen LogP) is 4.00. The van der Waals surface area contributed by atoms with E-state index in [9.17, 15) is 4.79 Å². The number of amides is 2. The molecule has 0 radical (unpaired) electrons.